The van der Waals surface area contributed by atoms with Crippen molar-refractivity contribution in [2.24, 2.45) is 14.1 Å². The van der Waals surface area contributed by atoms with Gasteiger partial charge in [-0.1, -0.05) is 34.8 Å². The number of methoxy groups -OCH3 is 2. The Bertz CT molecular complexity index is 1880. The lowest BCUT2D eigenvalue weighted by molar-refractivity contribution is 0.146. The number of rotatable bonds is 12. The third-order valence-corrected chi connectivity index (χ3v) is 10.6. The Balaban J connectivity index is 0.000000260. The van der Waals surface area contributed by atoms with Gasteiger partial charge in [0.25, 0.3) is 0 Å². The van der Waals surface area contributed by atoms with Gasteiger partial charge in [0.05, 0.1) is 27.7 Å². The van der Waals surface area contributed by atoms with Crippen molar-refractivity contribution in [3.05, 3.63) is 55.4 Å². The quantitative estimate of drug-likeness (QED) is 0.155. The molecule has 0 radical (unpaired) electrons. The Hall–Kier alpha value is -2.51. The van der Waals surface area contributed by atoms with Crippen molar-refractivity contribution in [2.45, 2.75) is 10.1 Å². The van der Waals surface area contributed by atoms with Gasteiger partial charge in [-0.2, -0.15) is 10.2 Å². The van der Waals surface area contributed by atoms with Gasteiger partial charge >= 0.3 is 0 Å². The molecule has 2 aromatic carbocycles. The van der Waals surface area contributed by atoms with Crippen molar-refractivity contribution in [1.82, 2.24) is 19.6 Å². The lowest BCUT2D eigenvalue weighted by Crippen LogP contribution is -2.05. The molecule has 4 aromatic rings. The predicted octanol–water partition coefficient (Wildman–Crippen LogP) is 6.03. The van der Waals surface area contributed by atoms with Crippen molar-refractivity contribution in [3.63, 3.8) is 0 Å². The molecule has 0 spiro atoms. The molecule has 0 saturated heterocycles. The highest BCUT2D eigenvalue weighted by Gasteiger charge is 2.27. The molecule has 0 atom stereocenters. The highest BCUT2D eigenvalue weighted by atomic mass is 79.9. The van der Waals surface area contributed by atoms with Gasteiger partial charge < -0.3 is 18.9 Å². The average Bonchev–Trinajstić information content (AvgIpc) is 3.44. The Labute approximate surface area is 299 Å². The average molecular weight is 839 g/mol. The molecule has 0 aliphatic rings. The number of halogens is 6. The van der Waals surface area contributed by atoms with E-state index in [2.05, 4.69) is 26.1 Å². The second kappa shape index (κ2) is 16.5. The van der Waals surface area contributed by atoms with Gasteiger partial charge in [-0.3, -0.25) is 9.36 Å². The first-order valence-electron chi connectivity index (χ1n) is 13.4. The SMILES string of the molecule is COCCOc1cc(-c2nn(C)c(S(C)(=O)=O)c2Br)c(F)cc1Cl.COCCOc1cc(-c2nn(C)c(S(C)(=O)=O)c2Cl)c(F)cc1Cl. The first-order chi connectivity index (χ1) is 22.3. The van der Waals surface area contributed by atoms with Crippen molar-refractivity contribution >= 4 is 70.4 Å². The monoisotopic (exact) mass is 836 g/mol. The van der Waals surface area contributed by atoms with Crippen molar-refractivity contribution < 1.29 is 44.6 Å². The molecule has 0 saturated carbocycles. The molecule has 264 valence electrons. The van der Waals surface area contributed by atoms with Gasteiger partial charge in [-0.25, -0.2) is 25.6 Å². The summed E-state index contributed by atoms with van der Waals surface area (Å²) in [5.74, 6) is -0.867. The highest BCUT2D eigenvalue weighted by molar-refractivity contribution is 9.10. The molecule has 2 aromatic heterocycles. The van der Waals surface area contributed by atoms with Gasteiger partial charge in [-0.05, 0) is 40.2 Å². The molecular weight excluding hydrogens is 809 g/mol. The number of ether oxygens (including phenoxy) is 4. The molecule has 0 amide bonds. The summed E-state index contributed by atoms with van der Waals surface area (Å²) in [6.45, 7) is 1.12. The fourth-order valence-corrected chi connectivity index (χ4v) is 8.64. The zero-order valence-electron chi connectivity index (χ0n) is 26.3. The van der Waals surface area contributed by atoms with Gasteiger partial charge in [0, 0.05) is 52.0 Å². The van der Waals surface area contributed by atoms with Gasteiger partial charge in [0.2, 0.25) is 0 Å². The first-order valence-corrected chi connectivity index (χ1v) is 19.1. The molecule has 48 heavy (non-hydrogen) atoms. The van der Waals surface area contributed by atoms with E-state index in [1.165, 1.54) is 45.1 Å². The van der Waals surface area contributed by atoms with Crippen LogP contribution in [0.15, 0.2) is 38.8 Å². The van der Waals surface area contributed by atoms with Crippen LogP contribution >= 0.6 is 50.7 Å². The number of sulfone groups is 2. The molecule has 0 unspecified atom stereocenters. The van der Waals surface area contributed by atoms with E-state index in [9.17, 15) is 25.6 Å². The highest BCUT2D eigenvalue weighted by Crippen LogP contribution is 2.39. The van der Waals surface area contributed by atoms with E-state index in [1.54, 1.807) is 0 Å². The molecule has 0 aliphatic heterocycles. The van der Waals surface area contributed by atoms with E-state index in [-0.39, 0.29) is 76.8 Å². The summed E-state index contributed by atoms with van der Waals surface area (Å²) in [6, 6.07) is 4.87. The lowest BCUT2D eigenvalue weighted by Gasteiger charge is -2.10. The summed E-state index contributed by atoms with van der Waals surface area (Å²) in [5.41, 5.74) is 0.195. The summed E-state index contributed by atoms with van der Waals surface area (Å²) in [6.07, 6.45) is 2.05. The van der Waals surface area contributed by atoms with Gasteiger partial charge in [-0.15, -0.1) is 0 Å². The Kier molecular flexibility index (Phi) is 13.7. The minimum atomic E-state index is -3.63. The largest absolute Gasteiger partial charge is 0.490 e. The zero-order valence-corrected chi connectivity index (χ0v) is 31.8. The fraction of sp³-hybridized carbons (Fsp3) is 0.357. The van der Waals surface area contributed by atoms with Crippen LogP contribution in [0.2, 0.25) is 15.1 Å². The molecule has 20 heteroatoms. The number of aromatic nitrogens is 4. The van der Waals surface area contributed by atoms with Crippen LogP contribution in [-0.4, -0.2) is 89.6 Å². The summed E-state index contributed by atoms with van der Waals surface area (Å²) >= 11 is 21.2. The minimum absolute atomic E-state index is 0.00894. The molecule has 0 bridgehead atoms. The van der Waals surface area contributed by atoms with E-state index in [4.69, 9.17) is 53.8 Å². The summed E-state index contributed by atoms with van der Waals surface area (Å²) in [4.78, 5) is 0. The maximum absolute atomic E-state index is 14.3. The van der Waals surface area contributed by atoms with E-state index in [0.717, 1.165) is 29.3 Å². The van der Waals surface area contributed by atoms with E-state index >= 15 is 0 Å². The number of aryl methyl sites for hydroxylation is 2. The van der Waals surface area contributed by atoms with Crippen LogP contribution in [0, 0.1) is 11.6 Å². The summed E-state index contributed by atoms with van der Waals surface area (Å²) in [5, 5.41) is 7.88. The molecule has 12 nitrogen and oxygen atoms in total. The molecule has 0 N–H and O–H groups in total. The fourth-order valence-electron chi connectivity index (χ4n) is 4.23. The van der Waals surface area contributed by atoms with Crippen LogP contribution in [0.25, 0.3) is 22.5 Å². The number of benzene rings is 2. The molecule has 4 rings (SSSR count). The van der Waals surface area contributed by atoms with E-state index in [1.807, 2.05) is 0 Å². The third-order valence-electron chi connectivity index (χ3n) is 6.23. The van der Waals surface area contributed by atoms with Crippen LogP contribution in [0.4, 0.5) is 8.78 Å². The summed E-state index contributed by atoms with van der Waals surface area (Å²) < 4.78 is 99.0. The Morgan fingerprint density at radius 1 is 0.708 bits per heavy atom. The maximum Gasteiger partial charge on any atom is 0.193 e. The number of hydrogen-bond donors (Lipinski definition) is 0. The molecule has 0 fully saturated rings. The molecule has 0 aliphatic carbocycles. The Morgan fingerprint density at radius 3 is 1.48 bits per heavy atom. The Morgan fingerprint density at radius 2 is 1.10 bits per heavy atom. The van der Waals surface area contributed by atoms with Crippen LogP contribution < -0.4 is 9.47 Å². The van der Waals surface area contributed by atoms with Gasteiger partial charge in [0.1, 0.15) is 52.8 Å². The third kappa shape index (κ3) is 9.38. The zero-order chi connectivity index (χ0) is 36.1. The second-order valence-electron chi connectivity index (χ2n) is 9.93. The van der Waals surface area contributed by atoms with Crippen molar-refractivity contribution in [1.29, 1.82) is 0 Å². The lowest BCUT2D eigenvalue weighted by atomic mass is 10.1. The van der Waals surface area contributed by atoms with Crippen molar-refractivity contribution in [2.75, 3.05) is 53.2 Å². The van der Waals surface area contributed by atoms with Crippen LogP contribution in [0.1, 0.15) is 0 Å². The van der Waals surface area contributed by atoms with Crippen LogP contribution in [0.3, 0.4) is 0 Å². The summed E-state index contributed by atoms with van der Waals surface area (Å²) in [7, 11) is -1.25. The smallest absolute Gasteiger partial charge is 0.193 e. The predicted molar refractivity (Wildman–Crippen MR) is 181 cm³/mol. The minimum Gasteiger partial charge on any atom is -0.490 e. The standard InChI is InChI=1S/C14H15BrClFN2O4S.C14H15Cl2FN2O4S/c1-19-14(24(3,20)21)12(15)13(18-19)8-6-11(23-5-4-22-2)9(16)7-10(8)17;1-19-14(24(3,20)21)12(16)13(18-19)8-6-11(23-5-4-22-2)9(15)7-10(8)17/h2*6-7H,4-5H2,1-3H3. The van der Waals surface area contributed by atoms with E-state index in [0.29, 0.717) is 13.2 Å². The number of hydrogen-bond acceptors (Lipinski definition) is 10. The van der Waals surface area contributed by atoms with Crippen LogP contribution in [-0.2, 0) is 43.2 Å². The van der Waals surface area contributed by atoms with E-state index < -0.39 is 31.3 Å². The van der Waals surface area contributed by atoms with Gasteiger partial charge in [0.15, 0.2) is 29.7 Å². The first kappa shape index (κ1) is 39.9. The molecular formula is C28H30BrCl3F2N4O8S2. The van der Waals surface area contributed by atoms with Crippen molar-refractivity contribution in [3.8, 4) is 34.0 Å². The molecule has 2 heterocycles. The topological polar surface area (TPSA) is 141 Å². The second-order valence-corrected chi connectivity index (χ2v) is 15.8. The number of nitrogens with zero attached hydrogens (tertiary/aromatic N) is 4. The maximum atomic E-state index is 14.3. The normalized spacial score (nSPS) is 11.8. The van der Waals surface area contributed by atoms with Crippen LogP contribution in [0.5, 0.6) is 11.5 Å².